The highest BCUT2D eigenvalue weighted by Gasteiger charge is 2.57. The molecule has 0 aromatic heterocycles. The summed E-state index contributed by atoms with van der Waals surface area (Å²) < 4.78 is 118. The molecule has 0 bridgehead atoms. The van der Waals surface area contributed by atoms with Crippen LogP contribution < -0.4 is 0 Å². The zero-order valence-corrected chi connectivity index (χ0v) is 59.8. The van der Waals surface area contributed by atoms with Crippen molar-refractivity contribution >= 4 is 17.9 Å². The number of esters is 3. The maximum atomic E-state index is 12.8. The molecule has 0 aliphatic carbocycles. The number of rotatable bonds is 29. The van der Waals surface area contributed by atoms with Gasteiger partial charge in [0, 0.05) is 66.3 Å². The molecule has 6 aliphatic rings. The van der Waals surface area contributed by atoms with Crippen LogP contribution in [0.3, 0.4) is 0 Å². The molecule has 12 unspecified atom stereocenters. The van der Waals surface area contributed by atoms with E-state index in [-0.39, 0.29) is 57.1 Å². The van der Waals surface area contributed by atoms with Crippen molar-refractivity contribution < 1.29 is 99.6 Å². The Morgan fingerprint density at radius 3 is 0.960 bits per heavy atom. The van der Waals surface area contributed by atoms with E-state index in [9.17, 15) is 31.0 Å². The minimum atomic E-state index is -1.33. The van der Waals surface area contributed by atoms with Crippen LogP contribution in [0.5, 0.6) is 0 Å². The van der Waals surface area contributed by atoms with E-state index in [0.29, 0.717) is 6.61 Å². The summed E-state index contributed by atoms with van der Waals surface area (Å²) in [4.78, 5) is 47.1. The first-order valence-corrected chi connectivity index (χ1v) is 34.8. The predicted molar refractivity (Wildman–Crippen MR) is 358 cm³/mol. The van der Waals surface area contributed by atoms with E-state index in [1.807, 2.05) is 139 Å². The minimum absolute atomic E-state index is 0.000817. The molecule has 6 fully saturated rings. The molecule has 0 spiro atoms. The largest absolute Gasteiger partial charge is 0.463 e. The van der Waals surface area contributed by atoms with Crippen LogP contribution in [0.4, 0.5) is 0 Å². The van der Waals surface area contributed by atoms with Gasteiger partial charge in [0.15, 0.2) is 37.7 Å². The predicted octanol–water partition coefficient (Wildman–Crippen LogP) is 10.9. The Balaban J connectivity index is 0.966. The number of methoxy groups -OCH3 is 1. The van der Waals surface area contributed by atoms with Crippen LogP contribution in [0.1, 0.15) is 107 Å². The van der Waals surface area contributed by atoms with Crippen molar-refractivity contribution in [3.63, 3.8) is 0 Å². The zero-order valence-electron chi connectivity index (χ0n) is 59.8. The highest BCUT2D eigenvalue weighted by atomic mass is 16.8. The van der Waals surface area contributed by atoms with Gasteiger partial charge in [-0.2, -0.15) is 0 Å². The first-order chi connectivity index (χ1) is 48.5. The number of azide groups is 3. The van der Waals surface area contributed by atoms with E-state index < -0.39 is 177 Å². The van der Waals surface area contributed by atoms with E-state index >= 15 is 0 Å². The number of carbonyl (C=O) groups is 3. The van der Waals surface area contributed by atoms with Crippen LogP contribution in [0.25, 0.3) is 31.3 Å². The molecule has 554 valence electrons. The Labute approximate surface area is 589 Å². The maximum Gasteiger partial charge on any atom is 0.302 e. The van der Waals surface area contributed by atoms with Gasteiger partial charge in [-0.1, -0.05) is 155 Å². The first-order valence-electron chi connectivity index (χ1n) is 34.8. The van der Waals surface area contributed by atoms with Gasteiger partial charge < -0.3 is 85.3 Å². The molecule has 0 N–H and O–H groups in total. The molecule has 30 atom stereocenters. The van der Waals surface area contributed by atoms with Gasteiger partial charge in [0.25, 0.3) is 0 Å². The molecule has 6 saturated heterocycles. The molecule has 30 heteroatoms. The average Bonchev–Trinajstić information content (AvgIpc) is 0.777. The number of benzene rings is 3. The molecule has 6 aliphatic heterocycles. The van der Waals surface area contributed by atoms with E-state index in [1.54, 1.807) is 13.8 Å². The molecule has 0 saturated carbocycles. The number of nitrogens with zero attached hydrogens (tertiary/aromatic N) is 9. The van der Waals surface area contributed by atoms with E-state index in [1.165, 1.54) is 27.9 Å². The van der Waals surface area contributed by atoms with Crippen molar-refractivity contribution in [1.82, 2.24) is 0 Å². The molecule has 0 amide bonds. The number of ether oxygens (including phenoxy) is 18. The lowest BCUT2D eigenvalue weighted by Crippen LogP contribution is -2.64. The molecule has 3 aromatic rings. The summed E-state index contributed by atoms with van der Waals surface area (Å²) in [6.07, 6.45) is -18.0. The van der Waals surface area contributed by atoms with Crippen LogP contribution in [0.15, 0.2) is 106 Å². The van der Waals surface area contributed by atoms with E-state index in [2.05, 4.69) is 37.0 Å². The van der Waals surface area contributed by atoms with Gasteiger partial charge in [-0.15, -0.1) is 0 Å². The fourth-order valence-corrected chi connectivity index (χ4v) is 14.4. The van der Waals surface area contributed by atoms with E-state index in [0.717, 1.165) is 16.7 Å². The van der Waals surface area contributed by atoms with Gasteiger partial charge in [-0.3, -0.25) is 14.4 Å². The van der Waals surface area contributed by atoms with Crippen molar-refractivity contribution in [3.8, 4) is 0 Å². The van der Waals surface area contributed by atoms with Gasteiger partial charge in [0.1, 0.15) is 50.3 Å². The number of hydrogen-bond acceptors (Lipinski definition) is 24. The third kappa shape index (κ3) is 19.8. The topological polar surface area (TPSA) is 364 Å². The maximum absolute atomic E-state index is 12.8. The van der Waals surface area contributed by atoms with Crippen LogP contribution in [0, 0.1) is 41.4 Å². The van der Waals surface area contributed by atoms with Crippen molar-refractivity contribution in [2.75, 3.05) is 26.9 Å². The fourth-order valence-electron chi connectivity index (χ4n) is 14.4. The molecular formula is C71H99N9O21. The second kappa shape index (κ2) is 37.2. The summed E-state index contributed by atoms with van der Waals surface area (Å²) in [5, 5.41) is 12.6. The summed E-state index contributed by atoms with van der Waals surface area (Å²) in [5.41, 5.74) is 32.9. The second-order valence-corrected chi connectivity index (χ2v) is 27.3. The van der Waals surface area contributed by atoms with Gasteiger partial charge in [0.2, 0.25) is 0 Å². The lowest BCUT2D eigenvalue weighted by Gasteiger charge is -2.52. The molecule has 9 rings (SSSR count). The Morgan fingerprint density at radius 1 is 0.356 bits per heavy atom. The van der Waals surface area contributed by atoms with Crippen molar-refractivity contribution in [2.24, 2.45) is 56.8 Å². The molecule has 6 heterocycles. The fraction of sp³-hybridized carbons (Fsp3) is 0.704. The van der Waals surface area contributed by atoms with Crippen LogP contribution in [0.2, 0.25) is 0 Å². The van der Waals surface area contributed by atoms with Crippen LogP contribution in [-0.4, -0.2) is 186 Å². The van der Waals surface area contributed by atoms with Gasteiger partial charge in [0.05, 0.1) is 92.9 Å². The van der Waals surface area contributed by atoms with Gasteiger partial charge >= 0.3 is 17.9 Å². The summed E-state index contributed by atoms with van der Waals surface area (Å²) in [6.45, 7) is 22.5. The third-order valence-corrected chi connectivity index (χ3v) is 20.2. The Bertz CT molecular complexity index is 3270. The van der Waals surface area contributed by atoms with Crippen molar-refractivity contribution in [1.29, 1.82) is 0 Å². The standard InChI is InChI=1S/C71H99N9O21/c1-36-43(8)91-66(40(5)58(36)88-30-49-24-18-15-19-25-49)97-60-38(3)56(76-79-73)70(95-53(60)34-86-47(12)82)100-65-45(10)93-68(42(7)63(65)90-32-51-28-22-17-23-29-51)99-61-39(4)57(77-80-74)71(96-54(61)35-87-48(13)83)101-64-44(9)92-67(41(6)62(64)89-31-50-26-20-16-21-27-50)98-59-37(2)55(75-78-72)69(84-14)94-52(59)33-85-46(11)81/h15-29,36-45,52-71H,30-35H2,1-14H3/t36-,37-,38-,39-,40?,41?,42?,43?,44?,45?,52?,53?,54?,55?,56?,57?,58-,59+,60+,61+,62+,63+,64+,65-,66+,67+,68+,69+,70-,71+/m1/s1. The quantitative estimate of drug-likeness (QED) is 0.0205. The van der Waals surface area contributed by atoms with Crippen molar-refractivity contribution in [3.05, 3.63) is 139 Å². The Morgan fingerprint density at radius 2 is 0.644 bits per heavy atom. The Hall–Kier alpha value is -6.60. The number of hydrogen-bond donors (Lipinski definition) is 0. The molecular weight excluding hydrogens is 1310 g/mol. The van der Waals surface area contributed by atoms with Crippen LogP contribution >= 0.6 is 0 Å². The SMILES string of the molecule is CO[C@H]1OC(COC(C)=O)[C@@H](O[C@@H]2OC(C)[C@H](O[C@@H]3OC(COC(C)=O)[C@@H](O[C@@H]4OC(C)[C@@H](O[C@H]5OC(COC(C)=O)[C@@H](O[C@@H]6OC(C)[C@@H](C)[C@@H](OCc7ccccc7)C6C)[C@H](C)C5N=[N+]=[N-])[C@@H](OCc5ccccc5)C4C)[C@H](C)C3N=[N+]=[N-])[C@@H](OCc3ccccc3)C2C)[C@H](C)C1N=[N+]=[N-]. The summed E-state index contributed by atoms with van der Waals surface area (Å²) in [6, 6.07) is 26.0. The average molecular weight is 1410 g/mol. The zero-order chi connectivity index (χ0) is 72.6. The van der Waals surface area contributed by atoms with Gasteiger partial charge in [-0.25, -0.2) is 0 Å². The lowest BCUT2D eigenvalue weighted by atomic mass is 9.85. The summed E-state index contributed by atoms with van der Waals surface area (Å²) >= 11 is 0. The second-order valence-electron chi connectivity index (χ2n) is 27.3. The highest BCUT2D eigenvalue weighted by Crippen LogP contribution is 2.44. The molecule has 30 nitrogen and oxygen atoms in total. The smallest absolute Gasteiger partial charge is 0.302 e. The number of carbonyl (C=O) groups excluding carboxylic acids is 3. The van der Waals surface area contributed by atoms with Crippen LogP contribution in [-0.2, 0) is 119 Å². The molecule has 0 radical (unpaired) electrons. The summed E-state index contributed by atoms with van der Waals surface area (Å²) in [5.74, 6) is -5.22. The van der Waals surface area contributed by atoms with Gasteiger partial charge in [-0.05, 0) is 71.8 Å². The molecule has 3 aromatic carbocycles. The van der Waals surface area contributed by atoms with E-state index in [4.69, 9.17) is 85.3 Å². The van der Waals surface area contributed by atoms with Crippen molar-refractivity contribution in [2.45, 2.75) is 251 Å². The lowest BCUT2D eigenvalue weighted by molar-refractivity contribution is -0.370. The molecule has 101 heavy (non-hydrogen) atoms. The summed E-state index contributed by atoms with van der Waals surface area (Å²) in [7, 11) is 1.42. The highest BCUT2D eigenvalue weighted by molar-refractivity contribution is 5.66. The monoisotopic (exact) mass is 1410 g/mol. The minimum Gasteiger partial charge on any atom is -0.463 e. The normalized spacial score (nSPS) is 38.7. The Kier molecular flexibility index (Phi) is 28.9. The third-order valence-electron chi connectivity index (χ3n) is 20.2. The first kappa shape index (κ1) is 78.5.